The van der Waals surface area contributed by atoms with Gasteiger partial charge in [0.1, 0.15) is 36.5 Å². The average molecular weight is 621 g/mol. The molecule has 3 rings (SSSR count). The first-order valence-corrected chi connectivity index (χ1v) is 15.0. The number of rotatable bonds is 14. The maximum atomic E-state index is 12.3. The van der Waals surface area contributed by atoms with Crippen LogP contribution in [0.1, 0.15) is 65.3 Å². The van der Waals surface area contributed by atoms with E-state index in [0.717, 1.165) is 36.6 Å². The number of ether oxygens (including phenoxy) is 5. The van der Waals surface area contributed by atoms with Gasteiger partial charge >= 0.3 is 17.9 Å². The first-order valence-electron chi connectivity index (χ1n) is 14.2. The van der Waals surface area contributed by atoms with Crippen molar-refractivity contribution < 1.29 is 42.9 Å². The van der Waals surface area contributed by atoms with Crippen LogP contribution in [0.25, 0.3) is 0 Å². The first-order chi connectivity index (χ1) is 20.5. The lowest BCUT2D eigenvalue weighted by Gasteiger charge is -2.44. The molecule has 236 valence electrons. The van der Waals surface area contributed by atoms with Gasteiger partial charge in [0.2, 0.25) is 5.91 Å². The third-order valence-electron chi connectivity index (χ3n) is 6.46. The zero-order valence-corrected chi connectivity index (χ0v) is 26.2. The van der Waals surface area contributed by atoms with Gasteiger partial charge in [-0.05, 0) is 25.5 Å². The Bertz CT molecular complexity index is 1250. The Morgan fingerprint density at radius 3 is 2.23 bits per heavy atom. The molecule has 0 radical (unpaired) electrons. The van der Waals surface area contributed by atoms with E-state index in [0.29, 0.717) is 23.3 Å². The summed E-state index contributed by atoms with van der Waals surface area (Å²) < 4.78 is 30.5. The van der Waals surface area contributed by atoms with E-state index in [2.05, 4.69) is 22.4 Å². The molecule has 1 aliphatic rings. The molecule has 0 saturated carbocycles. The van der Waals surface area contributed by atoms with E-state index in [1.54, 1.807) is 0 Å². The highest BCUT2D eigenvalue weighted by Crippen LogP contribution is 2.36. The number of aryl methyl sites for hydroxylation is 1. The second kappa shape index (κ2) is 16.3. The smallest absolute Gasteiger partial charge is 0.303 e. The van der Waals surface area contributed by atoms with E-state index in [-0.39, 0.29) is 13.2 Å². The maximum Gasteiger partial charge on any atom is 0.303 e. The van der Waals surface area contributed by atoms with Crippen molar-refractivity contribution in [1.29, 1.82) is 0 Å². The highest BCUT2D eigenvalue weighted by atomic mass is 32.2. The number of nitrogens with one attached hydrogen (secondary N) is 1. The molecule has 0 unspecified atom stereocenters. The summed E-state index contributed by atoms with van der Waals surface area (Å²) in [6.07, 6.45) is -0.484. The van der Waals surface area contributed by atoms with E-state index in [1.807, 2.05) is 35.8 Å². The molecule has 1 saturated heterocycles. The van der Waals surface area contributed by atoms with Gasteiger partial charge in [-0.3, -0.25) is 19.2 Å². The van der Waals surface area contributed by atoms with Gasteiger partial charge in [-0.15, -0.1) is 10.2 Å². The summed E-state index contributed by atoms with van der Waals surface area (Å²) in [4.78, 5) is 48.2. The summed E-state index contributed by atoms with van der Waals surface area (Å²) in [5.74, 6) is -1.03. The number of carbonyl (C=O) groups is 4. The van der Waals surface area contributed by atoms with Gasteiger partial charge in [-0.25, -0.2) is 0 Å². The molecule has 1 aromatic carbocycles. The van der Waals surface area contributed by atoms with E-state index >= 15 is 0 Å². The molecule has 5 atom stereocenters. The minimum Gasteiger partial charge on any atom is -0.486 e. The SMILES string of the molecule is CCCCCn1c(COc2ccc(C)cc2)nnc1S[C@H]1O[C@H](COC(C)=O)[C@@H](OC(C)=O)[C@H](OC(C)=O)[C@H]1NC(C)=O. The topological polar surface area (TPSA) is 157 Å². The summed E-state index contributed by atoms with van der Waals surface area (Å²) in [5.41, 5.74) is 0.214. The van der Waals surface area contributed by atoms with Crippen molar-refractivity contribution >= 4 is 35.6 Å². The van der Waals surface area contributed by atoms with Crippen molar-refractivity contribution in [2.24, 2.45) is 0 Å². The van der Waals surface area contributed by atoms with Crippen LogP contribution in [0.3, 0.4) is 0 Å². The molecule has 13 nitrogen and oxygen atoms in total. The summed E-state index contributed by atoms with van der Waals surface area (Å²) in [5, 5.41) is 12.1. The molecule has 43 heavy (non-hydrogen) atoms. The van der Waals surface area contributed by atoms with Crippen LogP contribution in [0.4, 0.5) is 0 Å². The van der Waals surface area contributed by atoms with Crippen LogP contribution in [0, 0.1) is 6.92 Å². The fourth-order valence-corrected chi connectivity index (χ4v) is 5.72. The van der Waals surface area contributed by atoms with Gasteiger partial charge < -0.3 is 33.6 Å². The number of esters is 3. The Labute approximate surface area is 255 Å². The third-order valence-corrected chi connectivity index (χ3v) is 7.61. The Morgan fingerprint density at radius 2 is 1.63 bits per heavy atom. The van der Waals surface area contributed by atoms with Gasteiger partial charge in [-0.1, -0.05) is 49.2 Å². The highest BCUT2D eigenvalue weighted by Gasteiger charge is 2.51. The van der Waals surface area contributed by atoms with Gasteiger partial charge in [0.25, 0.3) is 0 Å². The zero-order valence-electron chi connectivity index (χ0n) is 25.4. The fraction of sp³-hybridized carbons (Fsp3) is 0.586. The van der Waals surface area contributed by atoms with Crippen molar-refractivity contribution in [3.05, 3.63) is 35.7 Å². The van der Waals surface area contributed by atoms with Crippen LogP contribution in [-0.2, 0) is 51.3 Å². The second-order valence-electron chi connectivity index (χ2n) is 10.2. The predicted octanol–water partition coefficient (Wildman–Crippen LogP) is 3.10. The molecule has 1 aromatic heterocycles. The van der Waals surface area contributed by atoms with Gasteiger partial charge in [0.15, 0.2) is 23.2 Å². The number of hydrogen-bond acceptors (Lipinski definition) is 12. The van der Waals surface area contributed by atoms with Crippen LogP contribution in [0.15, 0.2) is 29.4 Å². The summed E-state index contributed by atoms with van der Waals surface area (Å²) >= 11 is 1.16. The van der Waals surface area contributed by atoms with Crippen LogP contribution in [-0.4, -0.2) is 75.0 Å². The normalized spacial score (nSPS) is 21.5. The zero-order chi connectivity index (χ0) is 31.5. The number of unbranched alkanes of at least 4 members (excludes halogenated alkanes) is 2. The van der Waals surface area contributed by atoms with E-state index in [9.17, 15) is 19.2 Å². The Balaban J connectivity index is 1.96. The molecular formula is C29H40N4O9S. The number of nitrogens with zero attached hydrogens (tertiary/aromatic N) is 3. The Kier molecular flexibility index (Phi) is 12.8. The van der Waals surface area contributed by atoms with Crippen LogP contribution < -0.4 is 10.1 Å². The van der Waals surface area contributed by atoms with Crippen molar-refractivity contribution in [3.63, 3.8) is 0 Å². The molecule has 1 fully saturated rings. The summed E-state index contributed by atoms with van der Waals surface area (Å²) in [6.45, 7) is 9.54. The summed E-state index contributed by atoms with van der Waals surface area (Å²) in [7, 11) is 0. The molecule has 2 aromatic rings. The molecule has 0 bridgehead atoms. The molecular weight excluding hydrogens is 580 g/mol. The van der Waals surface area contributed by atoms with Gasteiger partial charge in [0.05, 0.1) is 0 Å². The lowest BCUT2D eigenvalue weighted by molar-refractivity contribution is -0.211. The Morgan fingerprint density at radius 1 is 0.953 bits per heavy atom. The number of benzene rings is 1. The molecule has 0 spiro atoms. The van der Waals surface area contributed by atoms with Crippen molar-refractivity contribution in [1.82, 2.24) is 20.1 Å². The maximum absolute atomic E-state index is 12.3. The third kappa shape index (κ3) is 10.2. The van der Waals surface area contributed by atoms with Crippen molar-refractivity contribution in [2.45, 2.75) is 109 Å². The van der Waals surface area contributed by atoms with Gasteiger partial charge in [-0.2, -0.15) is 0 Å². The number of aromatic nitrogens is 3. The average Bonchev–Trinajstić information content (AvgIpc) is 3.31. The van der Waals surface area contributed by atoms with Crippen LogP contribution in [0.5, 0.6) is 5.75 Å². The quantitative estimate of drug-likeness (QED) is 0.187. The molecule has 1 amide bonds. The van der Waals surface area contributed by atoms with Crippen LogP contribution in [0.2, 0.25) is 0 Å². The number of hydrogen-bond donors (Lipinski definition) is 1. The van der Waals surface area contributed by atoms with E-state index in [4.69, 9.17) is 23.7 Å². The standard InChI is InChI=1S/C29H40N4O9S/c1-7-8-9-14-33-24(16-39-22-12-10-17(2)11-13-22)31-32-29(33)43-28-25(30-18(3)34)27(41-21(6)37)26(40-20(5)36)23(42-28)15-38-19(4)35/h10-13,23,25-28H,7-9,14-16H2,1-6H3,(H,30,34)/t23-,25-,26-,27-,28-/m1/s1. The fourth-order valence-electron chi connectivity index (χ4n) is 4.54. The molecule has 14 heteroatoms. The number of thioether (sulfide) groups is 1. The second-order valence-corrected chi connectivity index (χ2v) is 11.3. The largest absolute Gasteiger partial charge is 0.486 e. The summed E-state index contributed by atoms with van der Waals surface area (Å²) in [6, 6.07) is 6.72. The highest BCUT2D eigenvalue weighted by molar-refractivity contribution is 7.99. The molecule has 2 heterocycles. The molecule has 1 aliphatic heterocycles. The van der Waals surface area contributed by atoms with Crippen molar-refractivity contribution in [2.75, 3.05) is 6.61 Å². The van der Waals surface area contributed by atoms with Gasteiger partial charge in [0, 0.05) is 34.2 Å². The molecule has 1 N–H and O–H groups in total. The Hall–Kier alpha value is -3.65. The minimum atomic E-state index is -1.17. The molecule has 0 aliphatic carbocycles. The van der Waals surface area contributed by atoms with Crippen LogP contribution >= 0.6 is 11.8 Å². The number of amides is 1. The lowest BCUT2D eigenvalue weighted by Crippen LogP contribution is -2.65. The lowest BCUT2D eigenvalue weighted by atomic mass is 9.97. The predicted molar refractivity (Wildman–Crippen MR) is 155 cm³/mol. The van der Waals surface area contributed by atoms with E-state index in [1.165, 1.54) is 27.7 Å². The van der Waals surface area contributed by atoms with E-state index < -0.39 is 53.6 Å². The monoisotopic (exact) mass is 620 g/mol. The minimum absolute atomic E-state index is 0.170. The number of carbonyl (C=O) groups excluding carboxylic acids is 4. The first kappa shape index (κ1) is 33.8. The van der Waals surface area contributed by atoms with Crippen molar-refractivity contribution in [3.8, 4) is 5.75 Å².